The smallest absolute Gasteiger partial charge is 0.324 e. The molecule has 0 bridgehead atoms. The third-order valence-electron chi connectivity index (χ3n) is 7.05. The highest BCUT2D eigenvalue weighted by Crippen LogP contribution is 2.31. The summed E-state index contributed by atoms with van der Waals surface area (Å²) in [7, 11) is 0. The maximum absolute atomic E-state index is 12.3. The summed E-state index contributed by atoms with van der Waals surface area (Å²) < 4.78 is 11.5. The van der Waals surface area contributed by atoms with Crippen molar-refractivity contribution in [3.63, 3.8) is 0 Å². The Morgan fingerprint density at radius 3 is 2.58 bits per heavy atom. The predicted octanol–water partition coefficient (Wildman–Crippen LogP) is 3.14. The molecule has 2 atom stereocenters. The fourth-order valence-electron chi connectivity index (χ4n) is 4.62. The molecule has 3 N–H and O–H groups in total. The summed E-state index contributed by atoms with van der Waals surface area (Å²) in [6, 6.07) is 8.84. The maximum Gasteiger partial charge on any atom is 0.324 e. The standard InChI is InChI=1S/C27H38N4O5/c1-18(2)25-29-27(36-30-25)31-13-11-19(12-14-31)17-35-24-9-7-21(8-10-24)20-3-5-22(6-4-20)26(34)28-15-23(33)16-32/h3,7-10,18-19,22-23,32-33H,4-6,11-17H2,1-2H3,(H,28,34). The SMILES string of the molecule is CC(C)c1noc(N2CCC(COc3ccc(C4=CCC(C(=O)NCC(O)CO)CC4)cc3)CC2)n1. The summed E-state index contributed by atoms with van der Waals surface area (Å²) in [4.78, 5) is 18.9. The van der Waals surface area contributed by atoms with Crippen LogP contribution in [0.25, 0.3) is 5.57 Å². The number of anilines is 1. The number of benzene rings is 1. The van der Waals surface area contributed by atoms with Crippen molar-refractivity contribution in [2.24, 2.45) is 11.8 Å². The number of hydrogen-bond acceptors (Lipinski definition) is 8. The van der Waals surface area contributed by atoms with Crippen LogP contribution in [-0.2, 0) is 4.79 Å². The number of aliphatic hydroxyl groups is 2. The molecule has 36 heavy (non-hydrogen) atoms. The second kappa shape index (κ2) is 12.4. The number of aromatic nitrogens is 2. The van der Waals surface area contributed by atoms with E-state index in [4.69, 9.17) is 14.4 Å². The Bertz CT molecular complexity index is 1010. The minimum absolute atomic E-state index is 0.0650. The van der Waals surface area contributed by atoms with Crippen LogP contribution in [0.3, 0.4) is 0 Å². The molecule has 1 aromatic heterocycles. The first-order valence-corrected chi connectivity index (χ1v) is 13.0. The molecular formula is C27H38N4O5. The number of rotatable bonds is 10. The molecule has 2 aromatic rings. The largest absolute Gasteiger partial charge is 0.493 e. The number of hydrogen-bond donors (Lipinski definition) is 3. The van der Waals surface area contributed by atoms with E-state index in [-0.39, 0.29) is 30.9 Å². The van der Waals surface area contributed by atoms with Gasteiger partial charge in [0, 0.05) is 31.5 Å². The molecule has 2 aliphatic rings. The number of allylic oxidation sites excluding steroid dienone is 2. The van der Waals surface area contributed by atoms with Gasteiger partial charge in [-0.05, 0) is 61.3 Å². The topological polar surface area (TPSA) is 121 Å². The third-order valence-corrected chi connectivity index (χ3v) is 7.05. The van der Waals surface area contributed by atoms with Crippen molar-refractivity contribution in [1.29, 1.82) is 0 Å². The van der Waals surface area contributed by atoms with Crippen molar-refractivity contribution < 1.29 is 24.3 Å². The maximum atomic E-state index is 12.3. The van der Waals surface area contributed by atoms with Crippen LogP contribution in [0.5, 0.6) is 5.75 Å². The van der Waals surface area contributed by atoms with Crippen LogP contribution in [0.1, 0.15) is 63.3 Å². The van der Waals surface area contributed by atoms with E-state index in [1.165, 1.54) is 5.57 Å². The van der Waals surface area contributed by atoms with Crippen molar-refractivity contribution in [3.8, 4) is 5.75 Å². The molecule has 2 unspecified atom stereocenters. The molecular weight excluding hydrogens is 460 g/mol. The van der Waals surface area contributed by atoms with Gasteiger partial charge in [0.15, 0.2) is 5.82 Å². The quantitative estimate of drug-likeness (QED) is 0.457. The third kappa shape index (κ3) is 6.85. The van der Waals surface area contributed by atoms with Crippen LogP contribution in [0.15, 0.2) is 34.9 Å². The lowest BCUT2D eigenvalue weighted by Gasteiger charge is -2.30. The molecule has 9 nitrogen and oxygen atoms in total. The first-order chi connectivity index (χ1) is 17.4. The van der Waals surface area contributed by atoms with Crippen LogP contribution < -0.4 is 15.0 Å². The predicted molar refractivity (Wildman–Crippen MR) is 137 cm³/mol. The number of nitrogens with zero attached hydrogens (tertiary/aromatic N) is 3. The van der Waals surface area contributed by atoms with E-state index in [1.807, 2.05) is 12.1 Å². The Kier molecular flexibility index (Phi) is 8.98. The van der Waals surface area contributed by atoms with Gasteiger partial charge in [-0.15, -0.1) is 0 Å². The zero-order chi connectivity index (χ0) is 25.5. The fraction of sp³-hybridized carbons (Fsp3) is 0.593. The number of ether oxygens (including phenoxy) is 1. The van der Waals surface area contributed by atoms with Crippen molar-refractivity contribution in [3.05, 3.63) is 41.7 Å². The van der Waals surface area contributed by atoms with Gasteiger partial charge in [0.2, 0.25) is 5.91 Å². The molecule has 0 spiro atoms. The average molecular weight is 499 g/mol. The van der Waals surface area contributed by atoms with Gasteiger partial charge in [-0.2, -0.15) is 4.98 Å². The summed E-state index contributed by atoms with van der Waals surface area (Å²) >= 11 is 0. The van der Waals surface area contributed by atoms with Crippen LogP contribution in [0.4, 0.5) is 6.01 Å². The molecule has 1 aliphatic heterocycles. The molecule has 0 saturated carbocycles. The number of amides is 1. The second-order valence-electron chi connectivity index (χ2n) is 10.1. The van der Waals surface area contributed by atoms with Gasteiger partial charge < -0.3 is 29.7 Å². The highest BCUT2D eigenvalue weighted by Gasteiger charge is 2.25. The van der Waals surface area contributed by atoms with Crippen molar-refractivity contribution in [2.75, 3.05) is 37.7 Å². The lowest BCUT2D eigenvalue weighted by molar-refractivity contribution is -0.125. The van der Waals surface area contributed by atoms with Crippen molar-refractivity contribution >= 4 is 17.5 Å². The first-order valence-electron chi connectivity index (χ1n) is 13.0. The fourth-order valence-corrected chi connectivity index (χ4v) is 4.62. The molecule has 1 fully saturated rings. The molecule has 9 heteroatoms. The first kappa shape index (κ1) is 26.2. The molecule has 1 aromatic carbocycles. The Morgan fingerprint density at radius 1 is 1.22 bits per heavy atom. The molecule has 4 rings (SSSR count). The Morgan fingerprint density at radius 2 is 1.97 bits per heavy atom. The molecule has 196 valence electrons. The Hall–Kier alpha value is -2.91. The van der Waals surface area contributed by atoms with E-state index in [2.05, 4.69) is 52.4 Å². The van der Waals surface area contributed by atoms with E-state index in [0.29, 0.717) is 25.0 Å². The number of carbonyl (C=O) groups excluding carboxylic acids is 1. The minimum atomic E-state index is -0.910. The van der Waals surface area contributed by atoms with Gasteiger partial charge in [-0.1, -0.05) is 37.2 Å². The number of carbonyl (C=O) groups is 1. The second-order valence-corrected chi connectivity index (χ2v) is 10.1. The summed E-state index contributed by atoms with van der Waals surface area (Å²) in [6.45, 7) is 6.32. The highest BCUT2D eigenvalue weighted by atomic mass is 16.5. The van der Waals surface area contributed by atoms with E-state index >= 15 is 0 Å². The summed E-state index contributed by atoms with van der Waals surface area (Å²) in [6.07, 6.45) is 5.55. The van der Waals surface area contributed by atoms with Gasteiger partial charge in [0.25, 0.3) is 0 Å². The van der Waals surface area contributed by atoms with E-state index in [9.17, 15) is 9.90 Å². The number of aliphatic hydroxyl groups excluding tert-OH is 2. The minimum Gasteiger partial charge on any atom is -0.493 e. The average Bonchev–Trinajstić information content (AvgIpc) is 3.42. The Balaban J connectivity index is 1.20. The van der Waals surface area contributed by atoms with Crippen molar-refractivity contribution in [1.82, 2.24) is 15.5 Å². The molecule has 1 amide bonds. The van der Waals surface area contributed by atoms with Crippen molar-refractivity contribution in [2.45, 2.75) is 58.0 Å². The van der Waals surface area contributed by atoms with Gasteiger partial charge >= 0.3 is 6.01 Å². The summed E-state index contributed by atoms with van der Waals surface area (Å²) in [5, 5.41) is 25.1. The van der Waals surface area contributed by atoms with E-state index in [1.54, 1.807) is 0 Å². The van der Waals surface area contributed by atoms with Crippen LogP contribution in [0.2, 0.25) is 0 Å². The molecule has 2 heterocycles. The molecule has 1 saturated heterocycles. The normalized spacial score (nSPS) is 19.8. The zero-order valence-electron chi connectivity index (χ0n) is 21.2. The summed E-state index contributed by atoms with van der Waals surface area (Å²) in [5.41, 5.74) is 2.40. The van der Waals surface area contributed by atoms with Crippen LogP contribution in [0, 0.1) is 11.8 Å². The van der Waals surface area contributed by atoms with Gasteiger partial charge in [0.1, 0.15) is 5.75 Å². The van der Waals surface area contributed by atoms with Gasteiger partial charge in [-0.3, -0.25) is 4.79 Å². The summed E-state index contributed by atoms with van der Waals surface area (Å²) in [5.74, 6) is 2.22. The van der Waals surface area contributed by atoms with Gasteiger partial charge in [-0.25, -0.2) is 0 Å². The highest BCUT2D eigenvalue weighted by molar-refractivity contribution is 5.80. The lowest BCUT2D eigenvalue weighted by atomic mass is 9.86. The molecule has 1 aliphatic carbocycles. The van der Waals surface area contributed by atoms with E-state index in [0.717, 1.165) is 55.9 Å². The monoisotopic (exact) mass is 498 g/mol. The zero-order valence-corrected chi connectivity index (χ0v) is 21.2. The lowest BCUT2D eigenvalue weighted by Crippen LogP contribution is -2.38. The number of nitrogens with one attached hydrogen (secondary N) is 1. The van der Waals surface area contributed by atoms with Crippen LogP contribution >= 0.6 is 0 Å². The Labute approximate surface area is 212 Å². The van der Waals surface area contributed by atoms with Crippen LogP contribution in [-0.4, -0.2) is 65.2 Å². The number of piperidine rings is 1. The molecule has 0 radical (unpaired) electrons. The van der Waals surface area contributed by atoms with Gasteiger partial charge in [0.05, 0.1) is 19.3 Å². The van der Waals surface area contributed by atoms with E-state index < -0.39 is 6.10 Å².